The van der Waals surface area contributed by atoms with Crippen LogP contribution in [0, 0.1) is 0 Å². The van der Waals surface area contributed by atoms with E-state index in [9.17, 15) is 0 Å². The van der Waals surface area contributed by atoms with Crippen LogP contribution >= 0.6 is 0 Å². The van der Waals surface area contributed by atoms with E-state index in [0.717, 1.165) is 32.0 Å². The second-order valence-electron chi connectivity index (χ2n) is 5.21. The van der Waals surface area contributed by atoms with Crippen molar-refractivity contribution in [2.45, 2.75) is 45.4 Å². The quantitative estimate of drug-likeness (QED) is 0.747. The highest BCUT2D eigenvalue weighted by atomic mass is 15.3. The molecule has 0 atom stereocenters. The predicted molar refractivity (Wildman–Crippen MR) is 83.5 cm³/mol. The van der Waals surface area contributed by atoms with Gasteiger partial charge in [-0.25, -0.2) is 0 Å². The van der Waals surface area contributed by atoms with Crippen molar-refractivity contribution in [2.75, 3.05) is 42.2 Å². The molecule has 112 valence electrons. The van der Waals surface area contributed by atoms with Crippen LogP contribution in [0.2, 0.25) is 0 Å². The van der Waals surface area contributed by atoms with Gasteiger partial charge in [-0.15, -0.1) is 0 Å². The fourth-order valence-electron chi connectivity index (χ4n) is 2.37. The first-order valence-corrected chi connectivity index (χ1v) is 7.76. The van der Waals surface area contributed by atoms with Gasteiger partial charge in [-0.3, -0.25) is 0 Å². The summed E-state index contributed by atoms with van der Waals surface area (Å²) in [6, 6.07) is 0. The molecular formula is C14H26N6. The van der Waals surface area contributed by atoms with Gasteiger partial charge in [0.15, 0.2) is 0 Å². The number of nitrogens with zero attached hydrogens (tertiary/aromatic N) is 4. The van der Waals surface area contributed by atoms with Crippen LogP contribution in [0.5, 0.6) is 0 Å². The summed E-state index contributed by atoms with van der Waals surface area (Å²) < 4.78 is 0. The van der Waals surface area contributed by atoms with Crippen molar-refractivity contribution >= 4 is 17.8 Å². The van der Waals surface area contributed by atoms with E-state index in [4.69, 9.17) is 0 Å². The summed E-state index contributed by atoms with van der Waals surface area (Å²) in [5.41, 5.74) is 0. The zero-order valence-electron chi connectivity index (χ0n) is 12.7. The molecule has 6 nitrogen and oxygen atoms in total. The Morgan fingerprint density at radius 1 is 1.00 bits per heavy atom. The summed E-state index contributed by atoms with van der Waals surface area (Å²) in [7, 11) is 1.84. The fraction of sp³-hybridized carbons (Fsp3) is 0.786. The van der Waals surface area contributed by atoms with Crippen molar-refractivity contribution in [3.05, 3.63) is 0 Å². The van der Waals surface area contributed by atoms with E-state index in [1.54, 1.807) is 0 Å². The minimum Gasteiger partial charge on any atom is -0.357 e. The third kappa shape index (κ3) is 4.21. The Kier molecular flexibility index (Phi) is 5.83. The van der Waals surface area contributed by atoms with Crippen molar-refractivity contribution < 1.29 is 0 Å². The van der Waals surface area contributed by atoms with Gasteiger partial charge in [-0.05, 0) is 25.7 Å². The van der Waals surface area contributed by atoms with Crippen LogP contribution in [-0.4, -0.2) is 41.6 Å². The molecular weight excluding hydrogens is 252 g/mol. The largest absolute Gasteiger partial charge is 0.357 e. The van der Waals surface area contributed by atoms with Crippen molar-refractivity contribution in [3.8, 4) is 0 Å². The van der Waals surface area contributed by atoms with Gasteiger partial charge >= 0.3 is 0 Å². The molecule has 2 N–H and O–H groups in total. The molecule has 20 heavy (non-hydrogen) atoms. The highest BCUT2D eigenvalue weighted by Crippen LogP contribution is 2.18. The Hall–Kier alpha value is -1.59. The molecule has 1 fully saturated rings. The van der Waals surface area contributed by atoms with Crippen LogP contribution in [0.3, 0.4) is 0 Å². The molecule has 0 aliphatic carbocycles. The average molecular weight is 278 g/mol. The Balaban J connectivity index is 2.03. The average Bonchev–Trinajstić information content (AvgIpc) is 2.52. The van der Waals surface area contributed by atoms with E-state index in [1.165, 1.54) is 32.1 Å². The molecule has 0 unspecified atom stereocenters. The maximum atomic E-state index is 4.56. The summed E-state index contributed by atoms with van der Waals surface area (Å²) in [5, 5.41) is 6.32. The van der Waals surface area contributed by atoms with Gasteiger partial charge in [0, 0.05) is 26.7 Å². The fourth-order valence-corrected chi connectivity index (χ4v) is 2.37. The topological polar surface area (TPSA) is 66.0 Å². The summed E-state index contributed by atoms with van der Waals surface area (Å²) in [6.07, 6.45) is 7.36. The number of nitrogens with one attached hydrogen (secondary N) is 2. The minimum atomic E-state index is 0.638. The van der Waals surface area contributed by atoms with Crippen molar-refractivity contribution in [2.24, 2.45) is 0 Å². The smallest absolute Gasteiger partial charge is 0.231 e. The van der Waals surface area contributed by atoms with Gasteiger partial charge < -0.3 is 15.5 Å². The third-order valence-electron chi connectivity index (χ3n) is 3.55. The monoisotopic (exact) mass is 278 g/mol. The SMILES string of the molecule is CCCCCNc1nc(NC)nc(N2CCCCC2)n1. The molecule has 0 spiro atoms. The molecule has 2 rings (SSSR count). The van der Waals surface area contributed by atoms with Gasteiger partial charge in [0.1, 0.15) is 0 Å². The molecule has 6 heteroatoms. The molecule has 0 saturated carbocycles. The molecule has 1 aliphatic heterocycles. The first-order chi connectivity index (χ1) is 9.83. The number of hydrogen-bond acceptors (Lipinski definition) is 6. The Labute approximate surface area is 121 Å². The first kappa shape index (κ1) is 14.8. The van der Waals surface area contributed by atoms with Crippen LogP contribution in [0.25, 0.3) is 0 Å². The number of piperidine rings is 1. The van der Waals surface area contributed by atoms with E-state index in [-0.39, 0.29) is 0 Å². The molecule has 0 bridgehead atoms. The van der Waals surface area contributed by atoms with Crippen molar-refractivity contribution in [1.29, 1.82) is 0 Å². The number of rotatable bonds is 7. The summed E-state index contributed by atoms with van der Waals surface area (Å²) in [4.78, 5) is 15.7. The van der Waals surface area contributed by atoms with Crippen LogP contribution in [-0.2, 0) is 0 Å². The first-order valence-electron chi connectivity index (χ1n) is 7.76. The lowest BCUT2D eigenvalue weighted by Crippen LogP contribution is -2.31. The van der Waals surface area contributed by atoms with E-state index in [0.29, 0.717) is 11.9 Å². The van der Waals surface area contributed by atoms with Crippen molar-refractivity contribution in [3.63, 3.8) is 0 Å². The number of aromatic nitrogens is 3. The lowest BCUT2D eigenvalue weighted by atomic mass is 10.1. The normalized spacial score (nSPS) is 15.2. The van der Waals surface area contributed by atoms with Gasteiger partial charge in [-0.1, -0.05) is 19.8 Å². The maximum absolute atomic E-state index is 4.56. The Morgan fingerprint density at radius 2 is 1.75 bits per heavy atom. The Bertz CT molecular complexity index is 403. The van der Waals surface area contributed by atoms with Crippen LogP contribution in [0.4, 0.5) is 17.8 Å². The Morgan fingerprint density at radius 3 is 2.45 bits per heavy atom. The molecule has 1 saturated heterocycles. The second kappa shape index (κ2) is 7.87. The molecule has 0 amide bonds. The van der Waals surface area contributed by atoms with Crippen molar-refractivity contribution in [1.82, 2.24) is 15.0 Å². The van der Waals surface area contributed by atoms with E-state index in [1.807, 2.05) is 7.05 Å². The third-order valence-corrected chi connectivity index (χ3v) is 3.55. The summed E-state index contributed by atoms with van der Waals surface area (Å²) in [6.45, 7) is 5.21. The molecule has 0 radical (unpaired) electrons. The number of hydrogen-bond donors (Lipinski definition) is 2. The van der Waals surface area contributed by atoms with E-state index < -0.39 is 0 Å². The zero-order chi connectivity index (χ0) is 14.2. The molecule has 2 heterocycles. The summed E-state index contributed by atoms with van der Waals surface area (Å²) >= 11 is 0. The van der Waals surface area contributed by atoms with Crippen LogP contribution in [0.15, 0.2) is 0 Å². The second-order valence-corrected chi connectivity index (χ2v) is 5.21. The van der Waals surface area contributed by atoms with Gasteiger partial charge in [0.25, 0.3) is 0 Å². The highest BCUT2D eigenvalue weighted by molar-refractivity contribution is 5.43. The standard InChI is InChI=1S/C14H26N6/c1-3-4-6-9-16-13-17-12(15-2)18-14(19-13)20-10-7-5-8-11-20/h3-11H2,1-2H3,(H2,15,16,17,18,19). The van der Waals surface area contributed by atoms with Crippen LogP contribution in [0.1, 0.15) is 45.4 Å². The lowest BCUT2D eigenvalue weighted by Gasteiger charge is -2.26. The van der Waals surface area contributed by atoms with E-state index >= 15 is 0 Å². The number of unbranched alkanes of at least 4 members (excludes halogenated alkanes) is 2. The minimum absolute atomic E-state index is 0.638. The number of anilines is 3. The predicted octanol–water partition coefficient (Wildman–Crippen LogP) is 2.51. The van der Waals surface area contributed by atoms with Crippen LogP contribution < -0.4 is 15.5 Å². The zero-order valence-corrected chi connectivity index (χ0v) is 12.7. The summed E-state index contributed by atoms with van der Waals surface area (Å²) in [5.74, 6) is 2.11. The van der Waals surface area contributed by atoms with Gasteiger partial charge in [-0.2, -0.15) is 15.0 Å². The van der Waals surface area contributed by atoms with Gasteiger partial charge in [0.2, 0.25) is 17.8 Å². The molecule has 1 aliphatic rings. The lowest BCUT2D eigenvalue weighted by molar-refractivity contribution is 0.568. The maximum Gasteiger partial charge on any atom is 0.231 e. The molecule has 1 aromatic heterocycles. The van der Waals surface area contributed by atoms with E-state index in [2.05, 4.69) is 37.4 Å². The molecule has 0 aromatic carbocycles. The van der Waals surface area contributed by atoms with Gasteiger partial charge in [0.05, 0.1) is 0 Å². The highest BCUT2D eigenvalue weighted by Gasteiger charge is 2.15. The molecule has 1 aromatic rings.